The first-order valence-electron chi connectivity index (χ1n) is 5.65. The summed E-state index contributed by atoms with van der Waals surface area (Å²) in [5, 5.41) is 6.50. The summed E-state index contributed by atoms with van der Waals surface area (Å²) in [5.41, 5.74) is 2.09. The maximum atomic E-state index is 13.0. The first kappa shape index (κ1) is 13.6. The van der Waals surface area contributed by atoms with Crippen LogP contribution < -0.4 is 5.32 Å². The highest BCUT2D eigenvalue weighted by Gasteiger charge is 2.10. The molecule has 2 nitrogen and oxygen atoms in total. The highest BCUT2D eigenvalue weighted by atomic mass is 79.9. The van der Waals surface area contributed by atoms with Crippen LogP contribution in [0.5, 0.6) is 0 Å². The van der Waals surface area contributed by atoms with Crippen molar-refractivity contribution in [3.8, 4) is 0 Å². The Kier molecular flexibility index (Phi) is 4.48. The topological polar surface area (TPSA) is 24.9 Å². The lowest BCUT2D eigenvalue weighted by Gasteiger charge is -2.15. The van der Waals surface area contributed by atoms with Crippen LogP contribution in [0.4, 0.5) is 4.39 Å². The first-order chi connectivity index (χ1) is 8.56. The van der Waals surface area contributed by atoms with E-state index in [0.29, 0.717) is 0 Å². The number of aromatic nitrogens is 1. The second-order valence-electron chi connectivity index (χ2n) is 4.13. The molecule has 1 aromatic heterocycles. The molecule has 1 unspecified atom stereocenters. The molecule has 1 aromatic carbocycles. The molecular formula is C13H14BrFN2S. The van der Waals surface area contributed by atoms with Crippen LogP contribution in [0.25, 0.3) is 0 Å². The summed E-state index contributed by atoms with van der Waals surface area (Å²) in [6.07, 6.45) is 0. The lowest BCUT2D eigenvalue weighted by molar-refractivity contribution is 0.563. The maximum absolute atomic E-state index is 13.0. The Labute approximate surface area is 118 Å². The molecule has 0 fully saturated rings. The van der Waals surface area contributed by atoms with Gasteiger partial charge in [0.15, 0.2) is 0 Å². The van der Waals surface area contributed by atoms with Gasteiger partial charge >= 0.3 is 0 Å². The van der Waals surface area contributed by atoms with Gasteiger partial charge in [-0.05, 0) is 31.5 Å². The van der Waals surface area contributed by atoms with Gasteiger partial charge in [0.1, 0.15) is 5.82 Å². The van der Waals surface area contributed by atoms with Crippen molar-refractivity contribution >= 4 is 27.3 Å². The fraction of sp³-hybridized carbons (Fsp3) is 0.308. The number of hydrogen-bond acceptors (Lipinski definition) is 3. The monoisotopic (exact) mass is 328 g/mol. The highest BCUT2D eigenvalue weighted by molar-refractivity contribution is 9.10. The molecule has 96 valence electrons. The minimum atomic E-state index is -0.229. The van der Waals surface area contributed by atoms with Crippen molar-refractivity contribution in [1.82, 2.24) is 10.3 Å². The second-order valence-corrected chi connectivity index (χ2v) is 6.04. The van der Waals surface area contributed by atoms with Crippen LogP contribution >= 0.6 is 27.3 Å². The van der Waals surface area contributed by atoms with E-state index < -0.39 is 0 Å². The summed E-state index contributed by atoms with van der Waals surface area (Å²) >= 11 is 5.03. The van der Waals surface area contributed by atoms with Gasteiger partial charge in [-0.25, -0.2) is 9.37 Å². The van der Waals surface area contributed by atoms with Crippen LogP contribution in [-0.2, 0) is 6.54 Å². The molecule has 0 aliphatic rings. The van der Waals surface area contributed by atoms with Gasteiger partial charge in [-0.15, -0.1) is 11.3 Å². The van der Waals surface area contributed by atoms with E-state index in [-0.39, 0.29) is 11.9 Å². The van der Waals surface area contributed by atoms with Crippen LogP contribution in [0.1, 0.15) is 29.2 Å². The van der Waals surface area contributed by atoms with Gasteiger partial charge in [0, 0.05) is 22.4 Å². The van der Waals surface area contributed by atoms with Crippen molar-refractivity contribution in [2.75, 3.05) is 0 Å². The zero-order chi connectivity index (χ0) is 13.1. The third kappa shape index (κ3) is 3.37. The van der Waals surface area contributed by atoms with Crippen molar-refractivity contribution < 1.29 is 4.39 Å². The Morgan fingerprint density at radius 2 is 2.28 bits per heavy atom. The van der Waals surface area contributed by atoms with Crippen LogP contribution in [-0.4, -0.2) is 4.98 Å². The van der Waals surface area contributed by atoms with Gasteiger partial charge < -0.3 is 5.32 Å². The minimum Gasteiger partial charge on any atom is -0.304 e. The lowest BCUT2D eigenvalue weighted by Crippen LogP contribution is -2.18. The molecule has 0 aliphatic heterocycles. The van der Waals surface area contributed by atoms with E-state index in [2.05, 4.69) is 38.5 Å². The molecule has 2 rings (SSSR count). The SMILES string of the molecule is Cc1nc(CNC(C)c2ccc(F)cc2Br)cs1. The molecule has 1 atom stereocenters. The molecule has 0 amide bonds. The van der Waals surface area contributed by atoms with Gasteiger partial charge in [0.25, 0.3) is 0 Å². The molecule has 0 saturated heterocycles. The number of rotatable bonds is 4. The molecular weight excluding hydrogens is 315 g/mol. The van der Waals surface area contributed by atoms with E-state index in [9.17, 15) is 4.39 Å². The summed E-state index contributed by atoms with van der Waals surface area (Å²) < 4.78 is 13.8. The molecule has 0 aliphatic carbocycles. The van der Waals surface area contributed by atoms with Crippen LogP contribution in [0.3, 0.4) is 0 Å². The fourth-order valence-electron chi connectivity index (χ4n) is 1.71. The normalized spacial score (nSPS) is 12.7. The molecule has 5 heteroatoms. The average molecular weight is 329 g/mol. The zero-order valence-corrected chi connectivity index (χ0v) is 12.6. The number of benzene rings is 1. The summed E-state index contributed by atoms with van der Waals surface area (Å²) in [6, 6.07) is 4.90. The van der Waals surface area contributed by atoms with E-state index in [1.807, 2.05) is 6.92 Å². The van der Waals surface area contributed by atoms with Gasteiger partial charge in [-0.1, -0.05) is 22.0 Å². The molecule has 1 heterocycles. The Balaban J connectivity index is 2.01. The van der Waals surface area contributed by atoms with E-state index in [0.717, 1.165) is 27.3 Å². The van der Waals surface area contributed by atoms with Crippen molar-refractivity contribution in [2.24, 2.45) is 0 Å². The Morgan fingerprint density at radius 3 is 2.89 bits per heavy atom. The maximum Gasteiger partial charge on any atom is 0.124 e. The third-order valence-electron chi connectivity index (χ3n) is 2.68. The molecule has 0 radical (unpaired) electrons. The van der Waals surface area contributed by atoms with Crippen molar-refractivity contribution in [1.29, 1.82) is 0 Å². The number of halogens is 2. The summed E-state index contributed by atoms with van der Waals surface area (Å²) in [7, 11) is 0. The Bertz CT molecular complexity index is 542. The molecule has 0 spiro atoms. The standard InChI is InChI=1S/C13H14BrFN2S/c1-8(12-4-3-10(15)5-13(12)14)16-6-11-7-18-9(2)17-11/h3-5,7-8,16H,6H2,1-2H3. The number of thiazole rings is 1. The van der Waals surface area contributed by atoms with E-state index in [1.54, 1.807) is 17.4 Å². The summed E-state index contributed by atoms with van der Waals surface area (Å²) in [5.74, 6) is -0.229. The summed E-state index contributed by atoms with van der Waals surface area (Å²) in [4.78, 5) is 4.40. The average Bonchev–Trinajstić information content (AvgIpc) is 2.72. The quantitative estimate of drug-likeness (QED) is 0.909. The molecule has 2 aromatic rings. The van der Waals surface area contributed by atoms with E-state index >= 15 is 0 Å². The second kappa shape index (κ2) is 5.91. The number of nitrogens with one attached hydrogen (secondary N) is 1. The molecule has 0 saturated carbocycles. The van der Waals surface area contributed by atoms with Gasteiger partial charge in [0.05, 0.1) is 10.7 Å². The Morgan fingerprint density at radius 1 is 1.50 bits per heavy atom. The van der Waals surface area contributed by atoms with Crippen molar-refractivity contribution in [2.45, 2.75) is 26.4 Å². The lowest BCUT2D eigenvalue weighted by atomic mass is 10.1. The number of nitrogens with zero attached hydrogens (tertiary/aromatic N) is 1. The smallest absolute Gasteiger partial charge is 0.124 e. The molecule has 1 N–H and O–H groups in total. The zero-order valence-electron chi connectivity index (χ0n) is 10.2. The van der Waals surface area contributed by atoms with Gasteiger partial charge in [0.2, 0.25) is 0 Å². The van der Waals surface area contributed by atoms with Crippen LogP contribution in [0.2, 0.25) is 0 Å². The first-order valence-corrected chi connectivity index (χ1v) is 7.33. The molecule has 0 bridgehead atoms. The predicted octanol–water partition coefficient (Wildman–Crippen LogP) is 4.20. The van der Waals surface area contributed by atoms with Crippen molar-refractivity contribution in [3.05, 3.63) is 50.1 Å². The van der Waals surface area contributed by atoms with Crippen molar-refractivity contribution in [3.63, 3.8) is 0 Å². The fourth-order valence-corrected chi connectivity index (χ4v) is 3.02. The van der Waals surface area contributed by atoms with E-state index in [1.165, 1.54) is 12.1 Å². The number of hydrogen-bond donors (Lipinski definition) is 1. The number of aryl methyl sites for hydroxylation is 1. The molecule has 18 heavy (non-hydrogen) atoms. The van der Waals surface area contributed by atoms with Gasteiger partial charge in [-0.3, -0.25) is 0 Å². The van der Waals surface area contributed by atoms with Crippen LogP contribution in [0.15, 0.2) is 28.1 Å². The summed E-state index contributed by atoms with van der Waals surface area (Å²) in [6.45, 7) is 4.76. The Hall–Kier alpha value is -0.780. The minimum absolute atomic E-state index is 0.141. The third-order valence-corrected chi connectivity index (χ3v) is 4.19. The largest absolute Gasteiger partial charge is 0.304 e. The predicted molar refractivity (Wildman–Crippen MR) is 76.2 cm³/mol. The van der Waals surface area contributed by atoms with Gasteiger partial charge in [-0.2, -0.15) is 0 Å². The van der Waals surface area contributed by atoms with Crippen LogP contribution in [0, 0.1) is 12.7 Å². The van der Waals surface area contributed by atoms with E-state index in [4.69, 9.17) is 0 Å². The highest BCUT2D eigenvalue weighted by Crippen LogP contribution is 2.24.